The molecule has 27 heavy (non-hydrogen) atoms. The van der Waals surface area contributed by atoms with E-state index in [9.17, 15) is 4.79 Å². The van der Waals surface area contributed by atoms with E-state index < -0.39 is 0 Å². The third-order valence-electron chi connectivity index (χ3n) is 4.73. The molecular formula is C21H28N4O2. The van der Waals surface area contributed by atoms with E-state index in [0.29, 0.717) is 19.2 Å². The SMILES string of the molecule is CN(C)c1ccc(CNC(=O)NCc2ccccc2OC2CCCC2)cn1. The van der Waals surface area contributed by atoms with Crippen molar-refractivity contribution in [2.24, 2.45) is 0 Å². The Morgan fingerprint density at radius 3 is 2.56 bits per heavy atom. The van der Waals surface area contributed by atoms with E-state index in [2.05, 4.69) is 15.6 Å². The van der Waals surface area contributed by atoms with Gasteiger partial charge in [0.25, 0.3) is 0 Å². The summed E-state index contributed by atoms with van der Waals surface area (Å²) in [5.74, 6) is 1.76. The number of hydrogen-bond donors (Lipinski definition) is 2. The van der Waals surface area contributed by atoms with Crippen molar-refractivity contribution in [2.75, 3.05) is 19.0 Å². The smallest absolute Gasteiger partial charge is 0.315 e. The molecule has 1 aliphatic carbocycles. The van der Waals surface area contributed by atoms with Crippen molar-refractivity contribution < 1.29 is 9.53 Å². The van der Waals surface area contributed by atoms with E-state index in [0.717, 1.165) is 35.5 Å². The molecule has 144 valence electrons. The number of carbonyl (C=O) groups excluding carboxylic acids is 1. The zero-order valence-electron chi connectivity index (χ0n) is 16.1. The third kappa shape index (κ3) is 5.61. The average molecular weight is 368 g/mol. The van der Waals surface area contributed by atoms with Gasteiger partial charge in [-0.05, 0) is 43.4 Å². The van der Waals surface area contributed by atoms with Gasteiger partial charge in [0.15, 0.2) is 0 Å². The summed E-state index contributed by atoms with van der Waals surface area (Å²) in [5.41, 5.74) is 1.96. The first-order chi connectivity index (χ1) is 13.1. The highest BCUT2D eigenvalue weighted by Gasteiger charge is 2.17. The highest BCUT2D eigenvalue weighted by atomic mass is 16.5. The summed E-state index contributed by atoms with van der Waals surface area (Å²) in [6.45, 7) is 0.874. The highest BCUT2D eigenvalue weighted by Crippen LogP contribution is 2.26. The number of aromatic nitrogens is 1. The molecule has 0 saturated heterocycles. The lowest BCUT2D eigenvalue weighted by atomic mass is 10.2. The Morgan fingerprint density at radius 2 is 1.85 bits per heavy atom. The van der Waals surface area contributed by atoms with Crippen LogP contribution in [0.3, 0.4) is 0 Å². The maximum Gasteiger partial charge on any atom is 0.315 e. The lowest BCUT2D eigenvalue weighted by Crippen LogP contribution is -2.34. The van der Waals surface area contributed by atoms with E-state index in [4.69, 9.17) is 4.74 Å². The maximum absolute atomic E-state index is 12.1. The molecule has 1 heterocycles. The number of nitrogens with zero attached hydrogens (tertiary/aromatic N) is 2. The quantitative estimate of drug-likeness (QED) is 0.785. The predicted molar refractivity (Wildman–Crippen MR) is 107 cm³/mol. The van der Waals surface area contributed by atoms with Gasteiger partial charge in [0.2, 0.25) is 0 Å². The summed E-state index contributed by atoms with van der Waals surface area (Å²) in [6.07, 6.45) is 6.78. The van der Waals surface area contributed by atoms with Gasteiger partial charge < -0.3 is 20.3 Å². The number of hydrogen-bond acceptors (Lipinski definition) is 4. The number of benzene rings is 1. The molecule has 1 aliphatic rings. The predicted octanol–water partition coefficient (Wildman–Crippen LogP) is 3.47. The number of ether oxygens (including phenoxy) is 1. The van der Waals surface area contributed by atoms with Gasteiger partial charge in [0.05, 0.1) is 6.10 Å². The van der Waals surface area contributed by atoms with Gasteiger partial charge in [-0.25, -0.2) is 9.78 Å². The average Bonchev–Trinajstić information content (AvgIpc) is 3.19. The number of nitrogens with one attached hydrogen (secondary N) is 2. The maximum atomic E-state index is 12.1. The zero-order valence-corrected chi connectivity index (χ0v) is 16.1. The Morgan fingerprint density at radius 1 is 1.11 bits per heavy atom. The number of pyridine rings is 1. The van der Waals surface area contributed by atoms with Crippen LogP contribution in [-0.4, -0.2) is 31.2 Å². The number of rotatable bonds is 7. The molecular weight excluding hydrogens is 340 g/mol. The van der Waals surface area contributed by atoms with Crippen LogP contribution in [0.2, 0.25) is 0 Å². The molecule has 2 aromatic rings. The molecule has 0 aliphatic heterocycles. The van der Waals surface area contributed by atoms with Crippen molar-refractivity contribution >= 4 is 11.8 Å². The Balaban J connectivity index is 1.47. The highest BCUT2D eigenvalue weighted by molar-refractivity contribution is 5.73. The Labute approximate surface area is 160 Å². The molecule has 2 amide bonds. The molecule has 1 aromatic carbocycles. The van der Waals surface area contributed by atoms with E-state index >= 15 is 0 Å². The Kier molecular flexibility index (Phi) is 6.52. The standard InChI is InChI=1S/C21H28N4O2/c1-25(2)20-12-11-16(13-22-20)14-23-21(26)24-15-17-7-3-6-10-19(17)27-18-8-4-5-9-18/h3,6-7,10-13,18H,4-5,8-9,14-15H2,1-2H3,(H2,23,24,26). The monoisotopic (exact) mass is 368 g/mol. The molecule has 0 bridgehead atoms. The third-order valence-corrected chi connectivity index (χ3v) is 4.73. The van der Waals surface area contributed by atoms with Gasteiger partial charge in [0.1, 0.15) is 11.6 Å². The Hall–Kier alpha value is -2.76. The number of anilines is 1. The first-order valence-electron chi connectivity index (χ1n) is 9.50. The minimum Gasteiger partial charge on any atom is -0.490 e. The molecule has 1 fully saturated rings. The molecule has 0 spiro atoms. The summed E-state index contributed by atoms with van der Waals surface area (Å²) in [5, 5.41) is 5.77. The van der Waals surface area contributed by atoms with Crippen molar-refractivity contribution in [3.63, 3.8) is 0 Å². The van der Waals surface area contributed by atoms with Crippen molar-refractivity contribution in [3.05, 3.63) is 53.7 Å². The van der Waals surface area contributed by atoms with Gasteiger partial charge in [-0.3, -0.25) is 0 Å². The van der Waals surface area contributed by atoms with Crippen molar-refractivity contribution in [3.8, 4) is 5.75 Å². The van der Waals surface area contributed by atoms with E-state index in [1.54, 1.807) is 6.20 Å². The molecule has 6 heteroatoms. The number of carbonyl (C=O) groups is 1. The van der Waals surface area contributed by atoms with Gasteiger partial charge in [-0.2, -0.15) is 0 Å². The summed E-state index contributed by atoms with van der Waals surface area (Å²) >= 11 is 0. The van der Waals surface area contributed by atoms with Crippen LogP contribution in [0.4, 0.5) is 10.6 Å². The summed E-state index contributed by atoms with van der Waals surface area (Å²) in [6, 6.07) is 11.6. The number of urea groups is 1. The zero-order chi connectivity index (χ0) is 19.1. The fourth-order valence-corrected chi connectivity index (χ4v) is 3.16. The normalized spacial score (nSPS) is 14.0. The van der Waals surface area contributed by atoms with Crippen LogP contribution in [0.15, 0.2) is 42.6 Å². The van der Waals surface area contributed by atoms with Crippen molar-refractivity contribution in [1.82, 2.24) is 15.6 Å². The van der Waals surface area contributed by atoms with E-state index in [1.807, 2.05) is 55.4 Å². The Bertz CT molecular complexity index is 740. The summed E-state index contributed by atoms with van der Waals surface area (Å²) < 4.78 is 6.11. The molecule has 3 rings (SSSR count). The van der Waals surface area contributed by atoms with Crippen LogP contribution in [0.25, 0.3) is 0 Å². The summed E-state index contributed by atoms with van der Waals surface area (Å²) in [7, 11) is 3.89. The molecule has 0 radical (unpaired) electrons. The van der Waals surface area contributed by atoms with Crippen LogP contribution >= 0.6 is 0 Å². The van der Waals surface area contributed by atoms with Crippen LogP contribution in [0, 0.1) is 0 Å². The largest absolute Gasteiger partial charge is 0.490 e. The van der Waals surface area contributed by atoms with Crippen molar-refractivity contribution in [2.45, 2.75) is 44.9 Å². The van der Waals surface area contributed by atoms with Gasteiger partial charge >= 0.3 is 6.03 Å². The second-order valence-electron chi connectivity index (χ2n) is 7.09. The van der Waals surface area contributed by atoms with E-state index in [-0.39, 0.29) is 6.03 Å². The fourth-order valence-electron chi connectivity index (χ4n) is 3.16. The number of amides is 2. The minimum atomic E-state index is -0.206. The lowest BCUT2D eigenvalue weighted by Gasteiger charge is -2.17. The first kappa shape index (κ1) is 19.0. The second kappa shape index (κ2) is 9.26. The van der Waals surface area contributed by atoms with Crippen LogP contribution < -0.4 is 20.3 Å². The molecule has 1 saturated carbocycles. The van der Waals surface area contributed by atoms with Crippen LogP contribution in [0.5, 0.6) is 5.75 Å². The fraction of sp³-hybridized carbons (Fsp3) is 0.429. The van der Waals surface area contributed by atoms with Crippen LogP contribution in [0.1, 0.15) is 36.8 Å². The first-order valence-corrected chi connectivity index (χ1v) is 9.50. The molecule has 1 aromatic heterocycles. The summed E-state index contributed by atoms with van der Waals surface area (Å²) in [4.78, 5) is 18.4. The van der Waals surface area contributed by atoms with Gasteiger partial charge in [-0.1, -0.05) is 24.3 Å². The second-order valence-corrected chi connectivity index (χ2v) is 7.09. The lowest BCUT2D eigenvalue weighted by molar-refractivity contribution is 0.207. The van der Waals surface area contributed by atoms with Crippen molar-refractivity contribution in [1.29, 1.82) is 0 Å². The molecule has 0 atom stereocenters. The topological polar surface area (TPSA) is 66.5 Å². The minimum absolute atomic E-state index is 0.206. The molecule has 2 N–H and O–H groups in total. The number of para-hydroxylation sites is 1. The van der Waals surface area contributed by atoms with Gasteiger partial charge in [0, 0.05) is 38.9 Å². The van der Waals surface area contributed by atoms with Crippen LogP contribution in [-0.2, 0) is 13.1 Å². The van der Waals surface area contributed by atoms with Gasteiger partial charge in [-0.15, -0.1) is 0 Å². The molecule has 0 unspecified atom stereocenters. The van der Waals surface area contributed by atoms with E-state index in [1.165, 1.54) is 12.8 Å². The molecule has 6 nitrogen and oxygen atoms in total.